The van der Waals surface area contributed by atoms with Gasteiger partial charge in [-0.25, -0.2) is 8.42 Å². The molecule has 1 aromatic carbocycles. The van der Waals surface area contributed by atoms with Gasteiger partial charge in [-0.05, 0) is 30.7 Å². The molecule has 1 atom stereocenters. The average molecular weight is 348 g/mol. The first-order valence-corrected chi connectivity index (χ1v) is 8.60. The molecule has 1 amide bonds. The molecule has 126 valence electrons. The van der Waals surface area contributed by atoms with Crippen molar-refractivity contribution in [1.29, 1.82) is 0 Å². The minimum Gasteiger partial charge on any atom is -0.320 e. The van der Waals surface area contributed by atoms with Gasteiger partial charge in [0.2, 0.25) is 15.7 Å². The van der Waals surface area contributed by atoms with Gasteiger partial charge >= 0.3 is 6.18 Å². The molecule has 2 aliphatic rings. The minimum absolute atomic E-state index is 0.0854. The SMILES string of the molecule is O=C1CCC2(S(=O)(=O)c3ccc(C(F)(F)F)cc3)CNCCN12. The number of nitrogens with one attached hydrogen (secondary N) is 1. The number of carbonyl (C=O) groups excluding carboxylic acids is 1. The average Bonchev–Trinajstić information content (AvgIpc) is 2.86. The maximum Gasteiger partial charge on any atom is 0.416 e. The molecule has 0 aliphatic carbocycles. The van der Waals surface area contributed by atoms with Crippen LogP contribution in [0.3, 0.4) is 0 Å². The number of fused-ring (bicyclic) bond motifs is 1. The number of amides is 1. The highest BCUT2D eigenvalue weighted by Gasteiger charge is 2.56. The Balaban J connectivity index is 2.02. The molecule has 0 bridgehead atoms. The van der Waals surface area contributed by atoms with Gasteiger partial charge in [-0.2, -0.15) is 13.2 Å². The van der Waals surface area contributed by atoms with Crippen molar-refractivity contribution in [1.82, 2.24) is 10.2 Å². The third-order valence-corrected chi connectivity index (χ3v) is 6.89. The summed E-state index contributed by atoms with van der Waals surface area (Å²) in [5, 5.41) is 2.98. The largest absolute Gasteiger partial charge is 0.416 e. The van der Waals surface area contributed by atoms with Crippen molar-refractivity contribution in [2.24, 2.45) is 0 Å². The van der Waals surface area contributed by atoms with E-state index >= 15 is 0 Å². The third kappa shape index (κ3) is 2.42. The molecule has 3 rings (SSSR count). The van der Waals surface area contributed by atoms with E-state index in [0.29, 0.717) is 6.54 Å². The van der Waals surface area contributed by atoms with E-state index < -0.39 is 26.4 Å². The molecule has 9 heteroatoms. The van der Waals surface area contributed by atoms with Crippen LogP contribution in [0.5, 0.6) is 0 Å². The quantitative estimate of drug-likeness (QED) is 0.877. The molecular formula is C14H15F3N2O3S. The van der Waals surface area contributed by atoms with Crippen molar-refractivity contribution in [3.63, 3.8) is 0 Å². The minimum atomic E-state index is -4.53. The van der Waals surface area contributed by atoms with Crippen LogP contribution in [0.1, 0.15) is 18.4 Å². The Kier molecular flexibility index (Phi) is 3.68. The van der Waals surface area contributed by atoms with E-state index in [9.17, 15) is 26.4 Å². The molecule has 2 heterocycles. The lowest BCUT2D eigenvalue weighted by atomic mass is 10.2. The lowest BCUT2D eigenvalue weighted by molar-refractivity contribution is -0.137. The number of sulfone groups is 1. The van der Waals surface area contributed by atoms with Crippen molar-refractivity contribution in [3.8, 4) is 0 Å². The van der Waals surface area contributed by atoms with E-state index in [2.05, 4.69) is 5.32 Å². The molecule has 1 unspecified atom stereocenters. The Morgan fingerprint density at radius 1 is 1.17 bits per heavy atom. The van der Waals surface area contributed by atoms with Crippen molar-refractivity contribution < 1.29 is 26.4 Å². The van der Waals surface area contributed by atoms with E-state index in [1.54, 1.807) is 0 Å². The van der Waals surface area contributed by atoms with Gasteiger partial charge in [-0.15, -0.1) is 0 Å². The summed E-state index contributed by atoms with van der Waals surface area (Å²) in [5.74, 6) is -0.234. The molecule has 5 nitrogen and oxygen atoms in total. The predicted octanol–water partition coefficient (Wildman–Crippen LogP) is 1.40. The molecule has 2 saturated heterocycles. The Morgan fingerprint density at radius 2 is 1.83 bits per heavy atom. The van der Waals surface area contributed by atoms with Gasteiger partial charge in [0.25, 0.3) is 0 Å². The number of hydrogen-bond acceptors (Lipinski definition) is 4. The van der Waals surface area contributed by atoms with Gasteiger partial charge in [-0.1, -0.05) is 0 Å². The fourth-order valence-corrected chi connectivity index (χ4v) is 5.28. The summed E-state index contributed by atoms with van der Waals surface area (Å²) in [6.45, 7) is 0.858. The van der Waals surface area contributed by atoms with E-state index in [1.807, 2.05) is 0 Å². The summed E-state index contributed by atoms with van der Waals surface area (Å²) in [7, 11) is -3.98. The highest BCUT2D eigenvalue weighted by atomic mass is 32.2. The van der Waals surface area contributed by atoms with Gasteiger partial charge < -0.3 is 10.2 Å². The number of benzene rings is 1. The highest BCUT2D eigenvalue weighted by molar-refractivity contribution is 7.92. The summed E-state index contributed by atoms with van der Waals surface area (Å²) in [5.41, 5.74) is -0.907. The molecule has 0 spiro atoms. The van der Waals surface area contributed by atoms with Crippen molar-refractivity contribution in [2.45, 2.75) is 28.8 Å². The van der Waals surface area contributed by atoms with Crippen LogP contribution in [0.25, 0.3) is 0 Å². The van der Waals surface area contributed by atoms with E-state index in [1.165, 1.54) is 4.90 Å². The maximum absolute atomic E-state index is 13.0. The summed E-state index contributed by atoms with van der Waals surface area (Å²) in [6, 6.07) is 3.42. The molecule has 1 aromatic rings. The zero-order valence-electron chi connectivity index (χ0n) is 12.1. The number of nitrogens with zero attached hydrogens (tertiary/aromatic N) is 1. The second-order valence-electron chi connectivity index (χ2n) is 5.69. The summed E-state index contributed by atoms with van der Waals surface area (Å²) in [6.07, 6.45) is -4.26. The highest BCUT2D eigenvalue weighted by Crippen LogP contribution is 2.40. The molecule has 23 heavy (non-hydrogen) atoms. The Hall–Kier alpha value is -1.61. The summed E-state index contributed by atoms with van der Waals surface area (Å²) >= 11 is 0. The summed E-state index contributed by atoms with van der Waals surface area (Å²) < 4.78 is 63.8. The molecule has 0 aromatic heterocycles. The normalized spacial score (nSPS) is 25.5. The number of alkyl halides is 3. The van der Waals surface area contributed by atoms with Crippen molar-refractivity contribution in [3.05, 3.63) is 29.8 Å². The zero-order valence-corrected chi connectivity index (χ0v) is 12.9. The first-order chi connectivity index (χ1) is 10.7. The van der Waals surface area contributed by atoms with Crippen molar-refractivity contribution in [2.75, 3.05) is 19.6 Å². The Bertz CT molecular complexity index is 731. The van der Waals surface area contributed by atoms with Crippen LogP contribution in [0.2, 0.25) is 0 Å². The molecule has 0 radical (unpaired) electrons. The monoisotopic (exact) mass is 348 g/mol. The maximum atomic E-state index is 13.0. The smallest absolute Gasteiger partial charge is 0.320 e. The van der Waals surface area contributed by atoms with Crippen LogP contribution >= 0.6 is 0 Å². The number of halogens is 3. The van der Waals surface area contributed by atoms with Gasteiger partial charge in [-0.3, -0.25) is 4.79 Å². The lowest BCUT2D eigenvalue weighted by Gasteiger charge is -2.41. The van der Waals surface area contributed by atoms with Crippen LogP contribution < -0.4 is 5.32 Å². The summed E-state index contributed by atoms with van der Waals surface area (Å²) in [4.78, 5) is 11.7. The van der Waals surface area contributed by atoms with Crippen LogP contribution in [-0.2, 0) is 20.8 Å². The topological polar surface area (TPSA) is 66.5 Å². The standard InChI is InChI=1S/C14H15F3N2O3S/c15-14(16,17)10-1-3-11(4-2-10)23(21,22)13-6-5-12(20)19(13)8-7-18-9-13/h1-4,18H,5-9H2. The molecule has 2 aliphatic heterocycles. The van der Waals surface area contributed by atoms with Gasteiger partial charge in [0.1, 0.15) is 0 Å². The van der Waals surface area contributed by atoms with E-state index in [-0.39, 0.29) is 36.7 Å². The van der Waals surface area contributed by atoms with Gasteiger partial charge in [0.05, 0.1) is 10.5 Å². The van der Waals surface area contributed by atoms with E-state index in [4.69, 9.17) is 0 Å². The fourth-order valence-electron chi connectivity index (χ4n) is 3.20. The molecule has 1 N–H and O–H groups in total. The van der Waals surface area contributed by atoms with E-state index in [0.717, 1.165) is 24.3 Å². The molecule has 2 fully saturated rings. The van der Waals surface area contributed by atoms with Crippen LogP contribution in [0.4, 0.5) is 13.2 Å². The van der Waals surface area contributed by atoms with Crippen molar-refractivity contribution >= 4 is 15.7 Å². The molecular weight excluding hydrogens is 333 g/mol. The predicted molar refractivity (Wildman–Crippen MR) is 75.2 cm³/mol. The lowest BCUT2D eigenvalue weighted by Crippen LogP contribution is -2.62. The molecule has 0 saturated carbocycles. The van der Waals surface area contributed by atoms with Crippen LogP contribution in [0.15, 0.2) is 29.2 Å². The Morgan fingerprint density at radius 3 is 2.43 bits per heavy atom. The zero-order chi connectivity index (χ0) is 16.9. The number of carbonyl (C=O) groups is 1. The second-order valence-corrected chi connectivity index (χ2v) is 7.93. The first kappa shape index (κ1) is 16.3. The Labute approximate surface area is 131 Å². The van der Waals surface area contributed by atoms with Crippen LogP contribution in [-0.4, -0.2) is 43.7 Å². The first-order valence-electron chi connectivity index (χ1n) is 7.12. The van der Waals surface area contributed by atoms with Gasteiger partial charge in [0.15, 0.2) is 4.87 Å². The number of rotatable bonds is 2. The van der Waals surface area contributed by atoms with Gasteiger partial charge in [0, 0.05) is 26.1 Å². The third-order valence-electron chi connectivity index (χ3n) is 4.43. The number of piperazine rings is 1. The fraction of sp³-hybridized carbons (Fsp3) is 0.500. The van der Waals surface area contributed by atoms with Crippen LogP contribution in [0, 0.1) is 0 Å². The number of hydrogen-bond donors (Lipinski definition) is 1. The second kappa shape index (κ2) is 5.20.